The second-order valence-electron chi connectivity index (χ2n) is 6.09. The SMILES string of the molecule is C=CC(=O)OC(C)(C)C.CC(C)(C)OC(=O)C1CO1. The van der Waals surface area contributed by atoms with Gasteiger partial charge in [-0.2, -0.15) is 0 Å². The fourth-order valence-electron chi connectivity index (χ4n) is 0.895. The summed E-state index contributed by atoms with van der Waals surface area (Å²) in [7, 11) is 0. The maximum atomic E-state index is 10.9. The van der Waals surface area contributed by atoms with Gasteiger partial charge >= 0.3 is 11.9 Å². The van der Waals surface area contributed by atoms with Gasteiger partial charge in [0.25, 0.3) is 0 Å². The summed E-state index contributed by atoms with van der Waals surface area (Å²) in [6, 6.07) is 0. The monoisotopic (exact) mass is 272 g/mol. The van der Waals surface area contributed by atoms with Crippen LogP contribution in [0.15, 0.2) is 12.7 Å². The van der Waals surface area contributed by atoms with E-state index >= 15 is 0 Å². The molecule has 0 N–H and O–H groups in total. The standard InChI is InChI=1S/C7H12O3.C7H12O2/c1-7(2,3)10-6(8)5-4-9-5;1-5-6(8)9-7(2,3)4/h5H,4H2,1-3H3;5H,1H2,2-4H3. The zero-order valence-corrected chi connectivity index (χ0v) is 12.6. The van der Waals surface area contributed by atoms with Crippen LogP contribution in [-0.4, -0.2) is 35.9 Å². The summed E-state index contributed by atoms with van der Waals surface area (Å²) < 4.78 is 14.6. The van der Waals surface area contributed by atoms with Crippen molar-refractivity contribution in [2.24, 2.45) is 0 Å². The van der Waals surface area contributed by atoms with Gasteiger partial charge in [0, 0.05) is 6.08 Å². The number of rotatable bonds is 2. The van der Waals surface area contributed by atoms with Crippen molar-refractivity contribution in [3.8, 4) is 0 Å². The van der Waals surface area contributed by atoms with Crippen LogP contribution in [0.4, 0.5) is 0 Å². The van der Waals surface area contributed by atoms with Crippen LogP contribution in [0.1, 0.15) is 41.5 Å². The van der Waals surface area contributed by atoms with Crippen LogP contribution < -0.4 is 0 Å². The first-order valence-electron chi connectivity index (χ1n) is 6.14. The van der Waals surface area contributed by atoms with Crippen molar-refractivity contribution in [3.63, 3.8) is 0 Å². The summed E-state index contributed by atoms with van der Waals surface area (Å²) in [5.41, 5.74) is -0.783. The Balaban J connectivity index is 0.000000344. The Morgan fingerprint density at radius 1 is 1.11 bits per heavy atom. The lowest BCUT2D eigenvalue weighted by molar-refractivity contribution is -0.156. The smallest absolute Gasteiger partial charge is 0.338 e. The average Bonchev–Trinajstić information content (AvgIpc) is 2.95. The minimum Gasteiger partial charge on any atom is -0.458 e. The summed E-state index contributed by atoms with van der Waals surface area (Å²) in [6.45, 7) is 14.8. The van der Waals surface area contributed by atoms with Crippen LogP contribution in [0.25, 0.3) is 0 Å². The molecule has 19 heavy (non-hydrogen) atoms. The van der Waals surface area contributed by atoms with E-state index in [1.54, 1.807) is 0 Å². The van der Waals surface area contributed by atoms with Crippen LogP contribution in [0.5, 0.6) is 0 Å². The predicted molar refractivity (Wildman–Crippen MR) is 71.6 cm³/mol. The highest BCUT2D eigenvalue weighted by Crippen LogP contribution is 2.15. The number of carbonyl (C=O) groups excluding carboxylic acids is 2. The normalized spacial score (nSPS) is 17.7. The topological polar surface area (TPSA) is 65.1 Å². The van der Waals surface area contributed by atoms with Crippen LogP contribution in [-0.2, 0) is 23.8 Å². The fourth-order valence-corrected chi connectivity index (χ4v) is 0.895. The molecule has 1 atom stereocenters. The van der Waals surface area contributed by atoms with Gasteiger partial charge in [-0.25, -0.2) is 9.59 Å². The lowest BCUT2D eigenvalue weighted by atomic mass is 10.2. The Morgan fingerprint density at radius 3 is 1.74 bits per heavy atom. The quantitative estimate of drug-likeness (QED) is 0.438. The molecule has 1 aliphatic rings. The summed E-state index contributed by atoms with van der Waals surface area (Å²) in [4.78, 5) is 21.4. The van der Waals surface area contributed by atoms with Gasteiger partial charge in [-0.3, -0.25) is 0 Å². The second-order valence-corrected chi connectivity index (χ2v) is 6.09. The highest BCUT2D eigenvalue weighted by molar-refractivity contribution is 5.81. The molecule has 1 aliphatic heterocycles. The van der Waals surface area contributed by atoms with Crippen molar-refractivity contribution < 1.29 is 23.8 Å². The Bertz CT molecular complexity index is 329. The zero-order chi connectivity index (χ0) is 15.3. The van der Waals surface area contributed by atoms with Crippen molar-refractivity contribution in [1.29, 1.82) is 0 Å². The first-order valence-corrected chi connectivity index (χ1v) is 6.14. The first-order chi connectivity index (χ1) is 8.44. The number of hydrogen-bond acceptors (Lipinski definition) is 5. The Hall–Kier alpha value is -1.36. The minimum atomic E-state index is -0.398. The van der Waals surface area contributed by atoms with Gasteiger partial charge in [-0.05, 0) is 41.5 Å². The zero-order valence-electron chi connectivity index (χ0n) is 12.6. The molecule has 5 nitrogen and oxygen atoms in total. The third kappa shape index (κ3) is 11.5. The molecule has 1 unspecified atom stereocenters. The molecule has 0 spiro atoms. The molecule has 110 valence electrons. The van der Waals surface area contributed by atoms with Crippen molar-refractivity contribution in [2.45, 2.75) is 58.8 Å². The number of carbonyl (C=O) groups is 2. The van der Waals surface area contributed by atoms with E-state index in [1.165, 1.54) is 0 Å². The Kier molecular flexibility index (Phi) is 6.22. The van der Waals surface area contributed by atoms with Gasteiger partial charge in [-0.1, -0.05) is 6.58 Å². The third-order valence-corrected chi connectivity index (χ3v) is 1.58. The van der Waals surface area contributed by atoms with E-state index in [0.29, 0.717) is 6.61 Å². The summed E-state index contributed by atoms with van der Waals surface area (Å²) >= 11 is 0. The van der Waals surface area contributed by atoms with E-state index in [2.05, 4.69) is 6.58 Å². The highest BCUT2D eigenvalue weighted by Gasteiger charge is 2.35. The maximum Gasteiger partial charge on any atom is 0.338 e. The molecular formula is C14H24O5. The van der Waals surface area contributed by atoms with Crippen molar-refractivity contribution in [3.05, 3.63) is 12.7 Å². The third-order valence-electron chi connectivity index (χ3n) is 1.58. The Labute approximate surface area is 114 Å². The second kappa shape index (κ2) is 6.70. The van der Waals surface area contributed by atoms with Crippen LogP contribution in [0.3, 0.4) is 0 Å². The van der Waals surface area contributed by atoms with E-state index in [1.807, 2.05) is 41.5 Å². The van der Waals surface area contributed by atoms with Gasteiger partial charge in [0.05, 0.1) is 6.61 Å². The van der Waals surface area contributed by atoms with E-state index in [4.69, 9.17) is 14.2 Å². The van der Waals surface area contributed by atoms with E-state index < -0.39 is 5.60 Å². The molecule has 0 aliphatic carbocycles. The molecule has 0 saturated carbocycles. The molecule has 0 aromatic rings. The molecule has 0 bridgehead atoms. The summed E-state index contributed by atoms with van der Waals surface area (Å²) in [6.07, 6.45) is 0.879. The molecule has 0 amide bonds. The summed E-state index contributed by atoms with van der Waals surface area (Å²) in [5.74, 6) is -0.616. The van der Waals surface area contributed by atoms with Crippen molar-refractivity contribution in [1.82, 2.24) is 0 Å². The first kappa shape index (κ1) is 17.6. The molecule has 1 heterocycles. The van der Waals surface area contributed by atoms with Crippen molar-refractivity contribution in [2.75, 3.05) is 6.61 Å². The molecule has 1 saturated heterocycles. The molecule has 0 radical (unpaired) electrons. The maximum absolute atomic E-state index is 10.9. The Morgan fingerprint density at radius 2 is 1.53 bits per heavy atom. The van der Waals surface area contributed by atoms with Gasteiger partial charge in [0.15, 0.2) is 6.10 Å². The average molecular weight is 272 g/mol. The lowest BCUT2D eigenvalue weighted by Crippen LogP contribution is -2.26. The predicted octanol–water partition coefficient (Wildman–Crippen LogP) is 2.24. The number of esters is 2. The van der Waals surface area contributed by atoms with Gasteiger partial charge < -0.3 is 14.2 Å². The highest BCUT2D eigenvalue weighted by atomic mass is 16.6. The van der Waals surface area contributed by atoms with E-state index in [0.717, 1.165) is 6.08 Å². The van der Waals surface area contributed by atoms with Gasteiger partial charge in [-0.15, -0.1) is 0 Å². The lowest BCUT2D eigenvalue weighted by Gasteiger charge is -2.18. The van der Waals surface area contributed by atoms with Crippen molar-refractivity contribution >= 4 is 11.9 Å². The van der Waals surface area contributed by atoms with Crippen LogP contribution in [0.2, 0.25) is 0 Å². The van der Waals surface area contributed by atoms with Crippen LogP contribution in [0, 0.1) is 0 Å². The number of epoxide rings is 1. The van der Waals surface area contributed by atoms with E-state index in [-0.39, 0.29) is 23.6 Å². The molecule has 0 aromatic heterocycles. The van der Waals surface area contributed by atoms with Gasteiger partial charge in [0.1, 0.15) is 11.2 Å². The van der Waals surface area contributed by atoms with E-state index in [9.17, 15) is 9.59 Å². The molecular weight excluding hydrogens is 248 g/mol. The largest absolute Gasteiger partial charge is 0.458 e. The fraction of sp³-hybridized carbons (Fsp3) is 0.714. The molecule has 1 fully saturated rings. The van der Waals surface area contributed by atoms with Gasteiger partial charge in [0.2, 0.25) is 0 Å². The summed E-state index contributed by atoms with van der Waals surface area (Å²) in [5, 5.41) is 0. The molecule has 0 aromatic carbocycles. The van der Waals surface area contributed by atoms with Crippen LogP contribution >= 0.6 is 0 Å². The molecule has 1 rings (SSSR count). The number of ether oxygens (including phenoxy) is 3. The minimum absolute atomic E-state index is 0.243. The molecule has 5 heteroatoms. The number of hydrogen-bond donors (Lipinski definition) is 0.